The van der Waals surface area contributed by atoms with Crippen molar-refractivity contribution in [2.24, 2.45) is 5.92 Å². The van der Waals surface area contributed by atoms with Crippen molar-refractivity contribution in [2.45, 2.75) is 85.6 Å². The molecular formula is C18H40N2. The van der Waals surface area contributed by atoms with E-state index in [4.69, 9.17) is 0 Å². The first-order chi connectivity index (χ1) is 9.65. The standard InChI is InChI=1S/C18H40N2/c1-6-13-19-14-11-9-10-12-15-20(16-17(4)5)18(7-2)8-3/h17-19H,6-16H2,1-5H3. The Hall–Kier alpha value is -0.0800. The lowest BCUT2D eigenvalue weighted by atomic mass is 10.1. The highest BCUT2D eigenvalue weighted by molar-refractivity contribution is 4.70. The van der Waals surface area contributed by atoms with E-state index in [-0.39, 0.29) is 0 Å². The van der Waals surface area contributed by atoms with Crippen LogP contribution in [-0.4, -0.2) is 37.1 Å². The zero-order valence-corrected chi connectivity index (χ0v) is 14.9. The monoisotopic (exact) mass is 284 g/mol. The minimum atomic E-state index is 0.786. The predicted molar refractivity (Wildman–Crippen MR) is 92.4 cm³/mol. The lowest BCUT2D eigenvalue weighted by molar-refractivity contribution is 0.162. The van der Waals surface area contributed by atoms with E-state index >= 15 is 0 Å². The van der Waals surface area contributed by atoms with Crippen LogP contribution in [0.4, 0.5) is 0 Å². The maximum absolute atomic E-state index is 3.49. The van der Waals surface area contributed by atoms with E-state index in [0.717, 1.165) is 12.0 Å². The van der Waals surface area contributed by atoms with Crippen LogP contribution < -0.4 is 5.32 Å². The molecule has 0 bridgehead atoms. The van der Waals surface area contributed by atoms with Crippen LogP contribution in [0.3, 0.4) is 0 Å². The molecule has 20 heavy (non-hydrogen) atoms. The highest BCUT2D eigenvalue weighted by Crippen LogP contribution is 2.13. The predicted octanol–water partition coefficient (Wildman–Crippen LogP) is 4.69. The van der Waals surface area contributed by atoms with Gasteiger partial charge < -0.3 is 10.2 Å². The normalized spacial score (nSPS) is 12.0. The third-order valence-corrected chi connectivity index (χ3v) is 4.03. The third kappa shape index (κ3) is 10.7. The molecule has 0 aromatic heterocycles. The lowest BCUT2D eigenvalue weighted by Gasteiger charge is -2.32. The molecule has 0 saturated heterocycles. The SMILES string of the molecule is CCCNCCCCCCN(CC(C)C)C(CC)CC. The van der Waals surface area contributed by atoms with Crippen molar-refractivity contribution in [3.63, 3.8) is 0 Å². The van der Waals surface area contributed by atoms with E-state index in [0.29, 0.717) is 0 Å². The Balaban J connectivity index is 3.73. The van der Waals surface area contributed by atoms with Gasteiger partial charge in [-0.25, -0.2) is 0 Å². The summed E-state index contributed by atoms with van der Waals surface area (Å²) in [6, 6.07) is 0.795. The van der Waals surface area contributed by atoms with Crippen LogP contribution in [-0.2, 0) is 0 Å². The van der Waals surface area contributed by atoms with Gasteiger partial charge in [0.05, 0.1) is 0 Å². The molecule has 2 heteroatoms. The Bertz CT molecular complexity index is 188. The summed E-state index contributed by atoms with van der Waals surface area (Å²) in [4.78, 5) is 2.74. The summed E-state index contributed by atoms with van der Waals surface area (Å²) < 4.78 is 0. The van der Waals surface area contributed by atoms with E-state index in [2.05, 4.69) is 44.8 Å². The Morgan fingerprint density at radius 1 is 0.850 bits per heavy atom. The number of hydrogen-bond donors (Lipinski definition) is 1. The highest BCUT2D eigenvalue weighted by atomic mass is 15.1. The molecule has 1 N–H and O–H groups in total. The largest absolute Gasteiger partial charge is 0.317 e. The van der Waals surface area contributed by atoms with Crippen molar-refractivity contribution in [3.05, 3.63) is 0 Å². The van der Waals surface area contributed by atoms with Crippen molar-refractivity contribution < 1.29 is 0 Å². The number of hydrogen-bond acceptors (Lipinski definition) is 2. The van der Waals surface area contributed by atoms with Crippen LogP contribution in [0.2, 0.25) is 0 Å². The zero-order valence-electron chi connectivity index (χ0n) is 14.9. The smallest absolute Gasteiger partial charge is 0.00901 e. The molecule has 0 amide bonds. The van der Waals surface area contributed by atoms with Crippen molar-refractivity contribution in [2.75, 3.05) is 26.2 Å². The fraction of sp³-hybridized carbons (Fsp3) is 1.00. The average Bonchev–Trinajstić information content (AvgIpc) is 2.42. The van der Waals surface area contributed by atoms with Crippen LogP contribution in [0, 0.1) is 5.92 Å². The first-order valence-corrected chi connectivity index (χ1v) is 9.10. The molecule has 0 aromatic rings. The fourth-order valence-electron chi connectivity index (χ4n) is 2.92. The summed E-state index contributed by atoms with van der Waals surface area (Å²) in [5.74, 6) is 0.786. The molecule has 0 radical (unpaired) electrons. The fourth-order valence-corrected chi connectivity index (χ4v) is 2.92. The van der Waals surface area contributed by atoms with Gasteiger partial charge >= 0.3 is 0 Å². The van der Waals surface area contributed by atoms with Gasteiger partial charge in [0.25, 0.3) is 0 Å². The molecule has 0 saturated carbocycles. The van der Waals surface area contributed by atoms with Gasteiger partial charge in [-0.2, -0.15) is 0 Å². The van der Waals surface area contributed by atoms with Crippen LogP contribution in [0.15, 0.2) is 0 Å². The molecule has 0 aliphatic heterocycles. The summed E-state index contributed by atoms with van der Waals surface area (Å²) in [6.45, 7) is 16.5. The van der Waals surface area contributed by atoms with Crippen LogP contribution >= 0.6 is 0 Å². The molecule has 0 aromatic carbocycles. The third-order valence-electron chi connectivity index (χ3n) is 4.03. The molecule has 0 atom stereocenters. The molecule has 0 unspecified atom stereocenters. The number of nitrogens with zero attached hydrogens (tertiary/aromatic N) is 1. The number of rotatable bonds is 14. The minimum Gasteiger partial charge on any atom is -0.317 e. The second-order valence-electron chi connectivity index (χ2n) is 6.52. The summed E-state index contributed by atoms with van der Waals surface area (Å²) in [5, 5.41) is 3.49. The molecule has 0 heterocycles. The quantitative estimate of drug-likeness (QED) is 0.465. The summed E-state index contributed by atoms with van der Waals surface area (Å²) in [5.41, 5.74) is 0. The Morgan fingerprint density at radius 3 is 2.05 bits per heavy atom. The van der Waals surface area contributed by atoms with Gasteiger partial charge in [0.1, 0.15) is 0 Å². The Kier molecular flexibility index (Phi) is 13.8. The highest BCUT2D eigenvalue weighted by Gasteiger charge is 2.15. The van der Waals surface area contributed by atoms with Gasteiger partial charge in [-0.15, -0.1) is 0 Å². The van der Waals surface area contributed by atoms with Crippen molar-refractivity contribution in [1.82, 2.24) is 10.2 Å². The summed E-state index contributed by atoms with van der Waals surface area (Å²) >= 11 is 0. The molecule has 0 rings (SSSR count). The van der Waals surface area contributed by atoms with Crippen molar-refractivity contribution in [1.29, 1.82) is 0 Å². The number of nitrogens with one attached hydrogen (secondary N) is 1. The van der Waals surface area contributed by atoms with Gasteiger partial charge in [0.2, 0.25) is 0 Å². The second-order valence-corrected chi connectivity index (χ2v) is 6.52. The Labute approximate surface area is 128 Å². The van der Waals surface area contributed by atoms with Gasteiger partial charge in [-0.05, 0) is 57.7 Å². The maximum atomic E-state index is 3.49. The molecule has 2 nitrogen and oxygen atoms in total. The maximum Gasteiger partial charge on any atom is 0.00901 e. The van der Waals surface area contributed by atoms with E-state index in [1.54, 1.807) is 0 Å². The van der Waals surface area contributed by atoms with E-state index < -0.39 is 0 Å². The first kappa shape index (κ1) is 19.9. The van der Waals surface area contributed by atoms with E-state index in [9.17, 15) is 0 Å². The molecule has 122 valence electrons. The first-order valence-electron chi connectivity index (χ1n) is 9.10. The average molecular weight is 285 g/mol. The van der Waals surface area contributed by atoms with E-state index in [1.165, 1.54) is 71.1 Å². The molecule has 0 aliphatic rings. The molecule has 0 spiro atoms. The second kappa shape index (κ2) is 13.9. The van der Waals surface area contributed by atoms with Gasteiger partial charge in [0.15, 0.2) is 0 Å². The summed E-state index contributed by atoms with van der Waals surface area (Å²) in [7, 11) is 0. The summed E-state index contributed by atoms with van der Waals surface area (Å²) in [6.07, 6.45) is 9.33. The zero-order chi connectivity index (χ0) is 15.2. The topological polar surface area (TPSA) is 15.3 Å². The van der Waals surface area contributed by atoms with Gasteiger partial charge in [0, 0.05) is 12.6 Å². The van der Waals surface area contributed by atoms with E-state index in [1.807, 2.05) is 0 Å². The Morgan fingerprint density at radius 2 is 1.50 bits per heavy atom. The molecule has 0 aliphatic carbocycles. The van der Waals surface area contributed by atoms with Gasteiger partial charge in [-0.3, -0.25) is 0 Å². The van der Waals surface area contributed by atoms with Crippen molar-refractivity contribution >= 4 is 0 Å². The minimum absolute atomic E-state index is 0.786. The lowest BCUT2D eigenvalue weighted by Crippen LogP contribution is -2.38. The van der Waals surface area contributed by atoms with Gasteiger partial charge in [-0.1, -0.05) is 47.5 Å². The van der Waals surface area contributed by atoms with Crippen LogP contribution in [0.25, 0.3) is 0 Å². The van der Waals surface area contributed by atoms with Crippen LogP contribution in [0.1, 0.15) is 79.6 Å². The molecular weight excluding hydrogens is 244 g/mol. The van der Waals surface area contributed by atoms with Crippen molar-refractivity contribution in [3.8, 4) is 0 Å². The van der Waals surface area contributed by atoms with Crippen LogP contribution in [0.5, 0.6) is 0 Å². The molecule has 0 fully saturated rings. The number of unbranched alkanes of at least 4 members (excludes halogenated alkanes) is 3.